The number of nitrogens with one attached hydrogen (secondary N) is 1. The van der Waals surface area contributed by atoms with E-state index in [-0.39, 0.29) is 5.91 Å². The molecule has 2 aromatic heterocycles. The zero-order chi connectivity index (χ0) is 19.6. The van der Waals surface area contributed by atoms with Crippen LogP contribution in [0.5, 0.6) is 0 Å². The number of carbonyl (C=O) groups excluding carboxylic acids is 1. The standard InChI is InChI=1S/C22H26N4O/c1-15-12-19(7-6-18(15)14-25(4)5)24-22(27)21-13-16(2)26(17(21)3)20-8-10-23-11-9-20/h6-13H,14H2,1-5H3,(H,24,27). The van der Waals surface area contributed by atoms with Gasteiger partial charge in [-0.1, -0.05) is 6.07 Å². The number of carbonyl (C=O) groups is 1. The van der Waals surface area contributed by atoms with Crippen molar-refractivity contribution in [3.05, 3.63) is 76.9 Å². The highest BCUT2D eigenvalue weighted by Gasteiger charge is 2.17. The molecule has 0 aliphatic heterocycles. The van der Waals surface area contributed by atoms with E-state index in [2.05, 4.69) is 32.8 Å². The van der Waals surface area contributed by atoms with Crippen molar-refractivity contribution >= 4 is 11.6 Å². The van der Waals surface area contributed by atoms with E-state index in [1.165, 1.54) is 11.1 Å². The Morgan fingerprint density at radius 3 is 2.41 bits per heavy atom. The largest absolute Gasteiger partial charge is 0.322 e. The molecule has 1 amide bonds. The summed E-state index contributed by atoms with van der Waals surface area (Å²) >= 11 is 0. The second-order valence-electron chi connectivity index (χ2n) is 7.16. The van der Waals surface area contributed by atoms with Crippen molar-refractivity contribution in [3.8, 4) is 5.69 Å². The van der Waals surface area contributed by atoms with Crippen molar-refractivity contribution in [3.63, 3.8) is 0 Å². The summed E-state index contributed by atoms with van der Waals surface area (Å²) < 4.78 is 2.07. The van der Waals surface area contributed by atoms with Crippen LogP contribution in [0.15, 0.2) is 48.8 Å². The quantitative estimate of drug-likeness (QED) is 0.743. The lowest BCUT2D eigenvalue weighted by atomic mass is 10.1. The zero-order valence-electron chi connectivity index (χ0n) is 16.6. The number of aryl methyl sites for hydroxylation is 2. The number of hydrogen-bond donors (Lipinski definition) is 1. The first kappa shape index (κ1) is 18.9. The summed E-state index contributed by atoms with van der Waals surface area (Å²) in [5, 5.41) is 3.03. The number of pyridine rings is 1. The Balaban J connectivity index is 1.84. The van der Waals surface area contributed by atoms with E-state index in [4.69, 9.17) is 0 Å². The van der Waals surface area contributed by atoms with E-state index in [0.29, 0.717) is 5.56 Å². The molecule has 2 heterocycles. The number of hydrogen-bond acceptors (Lipinski definition) is 3. The van der Waals surface area contributed by atoms with Gasteiger partial charge in [-0.15, -0.1) is 0 Å². The van der Waals surface area contributed by atoms with Gasteiger partial charge in [0.1, 0.15) is 0 Å². The maximum atomic E-state index is 12.9. The third-order valence-corrected chi connectivity index (χ3v) is 4.68. The third kappa shape index (κ3) is 4.09. The first-order chi connectivity index (χ1) is 12.9. The van der Waals surface area contributed by atoms with E-state index in [0.717, 1.165) is 29.3 Å². The van der Waals surface area contributed by atoms with Gasteiger partial charge in [0, 0.05) is 41.7 Å². The van der Waals surface area contributed by atoms with Gasteiger partial charge in [-0.2, -0.15) is 0 Å². The van der Waals surface area contributed by atoms with Gasteiger partial charge in [-0.05, 0) is 76.3 Å². The van der Waals surface area contributed by atoms with Crippen LogP contribution in [-0.2, 0) is 6.54 Å². The van der Waals surface area contributed by atoms with Crippen LogP contribution in [-0.4, -0.2) is 34.5 Å². The normalized spacial score (nSPS) is 11.0. The minimum atomic E-state index is -0.0943. The molecule has 0 aliphatic carbocycles. The van der Waals surface area contributed by atoms with Crippen molar-refractivity contribution < 1.29 is 4.79 Å². The van der Waals surface area contributed by atoms with Gasteiger partial charge >= 0.3 is 0 Å². The second-order valence-corrected chi connectivity index (χ2v) is 7.16. The van der Waals surface area contributed by atoms with Gasteiger partial charge in [0.15, 0.2) is 0 Å². The first-order valence-electron chi connectivity index (χ1n) is 9.01. The molecule has 0 atom stereocenters. The fraction of sp³-hybridized carbons (Fsp3) is 0.273. The maximum Gasteiger partial charge on any atom is 0.257 e. The van der Waals surface area contributed by atoms with Crippen LogP contribution >= 0.6 is 0 Å². The number of anilines is 1. The minimum absolute atomic E-state index is 0.0943. The van der Waals surface area contributed by atoms with Crippen molar-refractivity contribution in [2.45, 2.75) is 27.3 Å². The van der Waals surface area contributed by atoms with Gasteiger partial charge in [0.2, 0.25) is 0 Å². The Hall–Kier alpha value is -2.92. The maximum absolute atomic E-state index is 12.9. The predicted molar refractivity (Wildman–Crippen MR) is 110 cm³/mol. The van der Waals surface area contributed by atoms with Gasteiger partial charge in [-0.25, -0.2) is 0 Å². The van der Waals surface area contributed by atoms with Crippen molar-refractivity contribution in [2.24, 2.45) is 0 Å². The Morgan fingerprint density at radius 1 is 1.07 bits per heavy atom. The molecule has 0 spiro atoms. The molecule has 27 heavy (non-hydrogen) atoms. The molecular weight excluding hydrogens is 336 g/mol. The molecule has 0 fully saturated rings. The smallest absolute Gasteiger partial charge is 0.257 e. The molecule has 0 radical (unpaired) electrons. The number of amides is 1. The van der Waals surface area contributed by atoms with Gasteiger partial charge < -0.3 is 14.8 Å². The summed E-state index contributed by atoms with van der Waals surface area (Å²) in [6.45, 7) is 6.93. The molecule has 1 N–H and O–H groups in total. The lowest BCUT2D eigenvalue weighted by Gasteiger charge is -2.14. The van der Waals surface area contributed by atoms with Gasteiger partial charge in [-0.3, -0.25) is 9.78 Å². The fourth-order valence-corrected chi connectivity index (χ4v) is 3.37. The lowest BCUT2D eigenvalue weighted by molar-refractivity contribution is 0.102. The van der Waals surface area contributed by atoms with Gasteiger partial charge in [0.25, 0.3) is 5.91 Å². The molecule has 1 aromatic carbocycles. The number of benzene rings is 1. The van der Waals surface area contributed by atoms with Crippen LogP contribution < -0.4 is 5.32 Å². The number of nitrogens with zero attached hydrogens (tertiary/aromatic N) is 3. The van der Waals surface area contributed by atoms with E-state index in [9.17, 15) is 4.79 Å². The van der Waals surface area contributed by atoms with E-state index in [1.807, 2.05) is 58.3 Å². The van der Waals surface area contributed by atoms with Crippen LogP contribution in [0.25, 0.3) is 5.69 Å². The van der Waals surface area contributed by atoms with Crippen LogP contribution in [0.4, 0.5) is 5.69 Å². The van der Waals surface area contributed by atoms with E-state index < -0.39 is 0 Å². The molecule has 3 aromatic rings. The fourth-order valence-electron chi connectivity index (χ4n) is 3.37. The van der Waals surface area contributed by atoms with E-state index >= 15 is 0 Å². The number of aromatic nitrogens is 2. The zero-order valence-corrected chi connectivity index (χ0v) is 16.6. The van der Waals surface area contributed by atoms with Gasteiger partial charge in [0.05, 0.1) is 5.56 Å². The topological polar surface area (TPSA) is 50.2 Å². The average molecular weight is 362 g/mol. The highest BCUT2D eigenvalue weighted by molar-refractivity contribution is 6.05. The van der Waals surface area contributed by atoms with Crippen LogP contribution in [0, 0.1) is 20.8 Å². The van der Waals surface area contributed by atoms with Crippen LogP contribution in [0.3, 0.4) is 0 Å². The predicted octanol–water partition coefficient (Wildman–Crippen LogP) is 4.11. The highest BCUT2D eigenvalue weighted by atomic mass is 16.1. The molecule has 3 rings (SSSR count). The van der Waals surface area contributed by atoms with E-state index in [1.54, 1.807) is 12.4 Å². The van der Waals surface area contributed by atoms with Crippen molar-refractivity contribution in [1.29, 1.82) is 0 Å². The minimum Gasteiger partial charge on any atom is -0.322 e. The molecule has 0 aliphatic rings. The Morgan fingerprint density at radius 2 is 1.78 bits per heavy atom. The monoisotopic (exact) mass is 362 g/mol. The summed E-state index contributed by atoms with van der Waals surface area (Å²) in [4.78, 5) is 19.1. The lowest BCUT2D eigenvalue weighted by Crippen LogP contribution is -2.14. The molecule has 5 heteroatoms. The molecule has 0 saturated heterocycles. The Labute approximate surface area is 160 Å². The molecular formula is C22H26N4O. The third-order valence-electron chi connectivity index (χ3n) is 4.68. The van der Waals surface area contributed by atoms with Crippen LogP contribution in [0.2, 0.25) is 0 Å². The Kier molecular flexibility index (Phi) is 5.42. The molecule has 140 valence electrons. The summed E-state index contributed by atoms with van der Waals surface area (Å²) in [5.41, 5.74) is 6.85. The average Bonchev–Trinajstić information content (AvgIpc) is 2.92. The summed E-state index contributed by atoms with van der Waals surface area (Å²) in [5.74, 6) is -0.0943. The second kappa shape index (κ2) is 7.76. The number of rotatable bonds is 5. The molecule has 0 saturated carbocycles. The summed E-state index contributed by atoms with van der Waals surface area (Å²) in [7, 11) is 4.10. The highest BCUT2D eigenvalue weighted by Crippen LogP contribution is 2.22. The first-order valence-corrected chi connectivity index (χ1v) is 9.01. The summed E-state index contributed by atoms with van der Waals surface area (Å²) in [6.07, 6.45) is 3.51. The van der Waals surface area contributed by atoms with Crippen molar-refractivity contribution in [1.82, 2.24) is 14.5 Å². The molecule has 0 unspecified atom stereocenters. The van der Waals surface area contributed by atoms with Crippen LogP contribution in [0.1, 0.15) is 32.9 Å². The molecule has 5 nitrogen and oxygen atoms in total. The summed E-state index contributed by atoms with van der Waals surface area (Å²) in [6, 6.07) is 11.9. The molecule has 0 bridgehead atoms. The SMILES string of the molecule is Cc1cc(NC(=O)c2cc(C)n(-c3ccncc3)c2C)ccc1CN(C)C. The Bertz CT molecular complexity index is 958. The van der Waals surface area contributed by atoms with Crippen molar-refractivity contribution in [2.75, 3.05) is 19.4 Å².